The van der Waals surface area contributed by atoms with Crippen LogP contribution in [0.25, 0.3) is 0 Å². The Bertz CT molecular complexity index is 731. The smallest absolute Gasteiger partial charge is 0.269 e. The van der Waals surface area contributed by atoms with Crippen LogP contribution in [0.5, 0.6) is 0 Å². The van der Waals surface area contributed by atoms with Gasteiger partial charge in [-0.25, -0.2) is 4.99 Å². The number of nitrogens with zero attached hydrogens (tertiary/aromatic N) is 2. The molecule has 0 bridgehead atoms. The lowest BCUT2D eigenvalue weighted by molar-refractivity contribution is -0.384. The van der Waals surface area contributed by atoms with Crippen LogP contribution in [0.2, 0.25) is 0 Å². The summed E-state index contributed by atoms with van der Waals surface area (Å²) in [6, 6.07) is 11.1. The molecule has 0 aliphatic carbocycles. The van der Waals surface area contributed by atoms with E-state index in [2.05, 4.69) is 41.6 Å². The first kappa shape index (κ1) is 22.4. The Morgan fingerprint density at radius 2 is 1.96 bits per heavy atom. The lowest BCUT2D eigenvalue weighted by Crippen LogP contribution is -2.43. The molecule has 0 saturated carbocycles. The van der Waals surface area contributed by atoms with Crippen molar-refractivity contribution >= 4 is 47.0 Å². The van der Waals surface area contributed by atoms with Gasteiger partial charge in [0.15, 0.2) is 5.96 Å². The molecule has 26 heavy (non-hydrogen) atoms. The maximum Gasteiger partial charge on any atom is 0.269 e. The van der Waals surface area contributed by atoms with Gasteiger partial charge in [0.2, 0.25) is 0 Å². The first-order chi connectivity index (χ1) is 12.0. The van der Waals surface area contributed by atoms with Gasteiger partial charge in [-0.15, -0.1) is 35.3 Å². The van der Waals surface area contributed by atoms with Crippen molar-refractivity contribution in [3.05, 3.63) is 61.8 Å². The van der Waals surface area contributed by atoms with Crippen LogP contribution in [0.15, 0.2) is 41.4 Å². The van der Waals surface area contributed by atoms with Gasteiger partial charge in [-0.05, 0) is 38.5 Å². The van der Waals surface area contributed by atoms with E-state index in [1.54, 1.807) is 12.1 Å². The second-order valence-corrected chi connectivity index (χ2v) is 7.25. The summed E-state index contributed by atoms with van der Waals surface area (Å²) in [5, 5.41) is 17.3. The van der Waals surface area contributed by atoms with Crippen molar-refractivity contribution < 1.29 is 4.92 Å². The molecule has 8 heteroatoms. The van der Waals surface area contributed by atoms with Crippen LogP contribution in [0, 0.1) is 17.0 Å². The number of guanidine groups is 1. The standard InChI is InChI=1S/C18H24N4O2S.HI/c1-4-19-18(21-13(2)11-17-10-5-14(3)25-17)20-12-15-6-8-16(9-7-15)22(23)24;/h5-10,13H,4,11-12H2,1-3H3,(H2,19,20,21);1H. The Hall–Kier alpha value is -1.68. The number of halogens is 1. The second kappa shape index (κ2) is 11.1. The van der Waals surface area contributed by atoms with Crippen LogP contribution in [0.4, 0.5) is 5.69 Å². The van der Waals surface area contributed by atoms with Crippen LogP contribution >= 0.6 is 35.3 Å². The summed E-state index contributed by atoms with van der Waals surface area (Å²) in [5.74, 6) is 0.752. The van der Waals surface area contributed by atoms with Gasteiger partial charge < -0.3 is 10.6 Å². The largest absolute Gasteiger partial charge is 0.357 e. The molecule has 0 saturated heterocycles. The van der Waals surface area contributed by atoms with Crippen LogP contribution < -0.4 is 10.6 Å². The van der Waals surface area contributed by atoms with E-state index in [9.17, 15) is 10.1 Å². The molecule has 0 spiro atoms. The summed E-state index contributed by atoms with van der Waals surface area (Å²) in [5.41, 5.74) is 1.03. The van der Waals surface area contributed by atoms with E-state index in [0.717, 1.165) is 24.5 Å². The number of rotatable bonds is 7. The van der Waals surface area contributed by atoms with Crippen molar-refractivity contribution in [2.45, 2.75) is 39.8 Å². The van der Waals surface area contributed by atoms with Crippen molar-refractivity contribution in [1.29, 1.82) is 0 Å². The molecule has 0 amide bonds. The normalized spacial score (nSPS) is 12.2. The van der Waals surface area contributed by atoms with Gasteiger partial charge in [-0.2, -0.15) is 0 Å². The molecule has 1 atom stereocenters. The number of nitro benzene ring substituents is 1. The van der Waals surface area contributed by atoms with E-state index in [4.69, 9.17) is 0 Å². The molecule has 0 aliphatic heterocycles. The Morgan fingerprint density at radius 1 is 1.27 bits per heavy atom. The third kappa shape index (κ3) is 7.28. The maximum absolute atomic E-state index is 10.7. The Morgan fingerprint density at radius 3 is 2.50 bits per heavy atom. The average Bonchev–Trinajstić information content (AvgIpc) is 2.98. The quantitative estimate of drug-likeness (QED) is 0.201. The molecular formula is C18H25IN4O2S. The number of benzene rings is 1. The number of nitro groups is 1. The fourth-order valence-corrected chi connectivity index (χ4v) is 3.41. The Kier molecular flexibility index (Phi) is 9.57. The second-order valence-electron chi connectivity index (χ2n) is 5.88. The van der Waals surface area contributed by atoms with Crippen LogP contribution in [0.3, 0.4) is 0 Å². The van der Waals surface area contributed by atoms with Crippen molar-refractivity contribution in [3.8, 4) is 0 Å². The molecule has 6 nitrogen and oxygen atoms in total. The highest BCUT2D eigenvalue weighted by molar-refractivity contribution is 14.0. The van der Waals surface area contributed by atoms with Crippen LogP contribution in [-0.2, 0) is 13.0 Å². The van der Waals surface area contributed by atoms with Gasteiger partial charge in [0.1, 0.15) is 0 Å². The minimum Gasteiger partial charge on any atom is -0.357 e. The zero-order valence-electron chi connectivity index (χ0n) is 15.2. The highest BCUT2D eigenvalue weighted by atomic mass is 127. The Balaban J connectivity index is 0.00000338. The van der Waals surface area contributed by atoms with E-state index in [-0.39, 0.29) is 35.7 Å². The van der Waals surface area contributed by atoms with Gasteiger partial charge in [0, 0.05) is 40.9 Å². The van der Waals surface area contributed by atoms with Crippen molar-refractivity contribution in [3.63, 3.8) is 0 Å². The van der Waals surface area contributed by atoms with Crippen LogP contribution in [0.1, 0.15) is 29.2 Å². The van der Waals surface area contributed by atoms with E-state index < -0.39 is 4.92 Å². The van der Waals surface area contributed by atoms with Gasteiger partial charge in [-0.1, -0.05) is 12.1 Å². The lowest BCUT2D eigenvalue weighted by Gasteiger charge is -2.17. The number of thiophene rings is 1. The monoisotopic (exact) mass is 488 g/mol. The predicted molar refractivity (Wildman–Crippen MR) is 119 cm³/mol. The molecule has 2 aromatic rings. The minimum atomic E-state index is -0.396. The number of nitrogens with one attached hydrogen (secondary N) is 2. The van der Waals surface area contributed by atoms with Crippen LogP contribution in [-0.4, -0.2) is 23.5 Å². The molecule has 1 aromatic heterocycles. The molecule has 0 aliphatic rings. The molecule has 2 N–H and O–H groups in total. The molecule has 1 unspecified atom stereocenters. The van der Waals surface area contributed by atoms with E-state index in [0.29, 0.717) is 6.54 Å². The summed E-state index contributed by atoms with van der Waals surface area (Å²) in [4.78, 5) is 17.5. The van der Waals surface area contributed by atoms with E-state index in [1.807, 2.05) is 18.3 Å². The molecule has 0 radical (unpaired) electrons. The molecule has 1 aromatic carbocycles. The Labute approximate surface area is 175 Å². The zero-order chi connectivity index (χ0) is 18.2. The third-order valence-corrected chi connectivity index (χ3v) is 4.62. The SMILES string of the molecule is CCNC(=NCc1ccc([N+](=O)[O-])cc1)NC(C)Cc1ccc(C)s1.I. The first-order valence-electron chi connectivity index (χ1n) is 8.31. The summed E-state index contributed by atoms with van der Waals surface area (Å²) in [7, 11) is 0. The number of non-ortho nitro benzene ring substituents is 1. The summed E-state index contributed by atoms with van der Waals surface area (Å²) >= 11 is 1.82. The fraction of sp³-hybridized carbons (Fsp3) is 0.389. The predicted octanol–water partition coefficient (Wildman–Crippen LogP) is 4.27. The number of aliphatic imine (C=N–C) groups is 1. The summed E-state index contributed by atoms with van der Waals surface area (Å²) in [6.45, 7) is 7.52. The zero-order valence-corrected chi connectivity index (χ0v) is 18.3. The van der Waals surface area contributed by atoms with E-state index >= 15 is 0 Å². The third-order valence-electron chi connectivity index (χ3n) is 3.60. The molecule has 142 valence electrons. The number of hydrogen-bond donors (Lipinski definition) is 2. The maximum atomic E-state index is 10.7. The highest BCUT2D eigenvalue weighted by Crippen LogP contribution is 2.16. The lowest BCUT2D eigenvalue weighted by atomic mass is 10.2. The summed E-state index contributed by atoms with van der Waals surface area (Å²) in [6.07, 6.45) is 0.945. The van der Waals surface area contributed by atoms with E-state index in [1.165, 1.54) is 21.9 Å². The minimum absolute atomic E-state index is 0. The van der Waals surface area contributed by atoms with Crippen molar-refractivity contribution in [2.24, 2.45) is 4.99 Å². The summed E-state index contributed by atoms with van der Waals surface area (Å²) < 4.78 is 0. The molecule has 2 rings (SSSR count). The average molecular weight is 488 g/mol. The van der Waals surface area contributed by atoms with Crippen molar-refractivity contribution in [1.82, 2.24) is 10.6 Å². The number of aryl methyl sites for hydroxylation is 1. The topological polar surface area (TPSA) is 79.6 Å². The fourth-order valence-electron chi connectivity index (χ4n) is 2.39. The molecular weight excluding hydrogens is 463 g/mol. The van der Waals surface area contributed by atoms with Gasteiger partial charge in [0.05, 0.1) is 11.5 Å². The molecule has 1 heterocycles. The highest BCUT2D eigenvalue weighted by Gasteiger charge is 2.08. The first-order valence-corrected chi connectivity index (χ1v) is 9.13. The van der Waals surface area contributed by atoms with Gasteiger partial charge in [-0.3, -0.25) is 10.1 Å². The molecule has 0 fully saturated rings. The van der Waals surface area contributed by atoms with Gasteiger partial charge in [0.25, 0.3) is 5.69 Å². The van der Waals surface area contributed by atoms with Gasteiger partial charge >= 0.3 is 0 Å². The number of hydrogen-bond acceptors (Lipinski definition) is 4. The van der Waals surface area contributed by atoms with Crippen molar-refractivity contribution in [2.75, 3.05) is 6.54 Å².